The number of aliphatic hydroxyl groups is 1. The van der Waals surface area contributed by atoms with Crippen molar-refractivity contribution in [1.82, 2.24) is 0 Å². The van der Waals surface area contributed by atoms with E-state index in [1.165, 1.54) is 32.1 Å². The van der Waals surface area contributed by atoms with Crippen LogP contribution < -0.4 is 0 Å². The van der Waals surface area contributed by atoms with Crippen LogP contribution >= 0.6 is 0 Å². The predicted octanol–water partition coefficient (Wildman–Crippen LogP) is 3.36. The van der Waals surface area contributed by atoms with E-state index in [1.54, 1.807) is 6.92 Å². The summed E-state index contributed by atoms with van der Waals surface area (Å²) in [5, 5.41) is 8.36. The van der Waals surface area contributed by atoms with Crippen molar-refractivity contribution in [2.45, 2.75) is 65.4 Å². The van der Waals surface area contributed by atoms with Crippen LogP contribution in [0.3, 0.4) is 0 Å². The van der Waals surface area contributed by atoms with E-state index in [4.69, 9.17) is 5.11 Å². The van der Waals surface area contributed by atoms with Crippen molar-refractivity contribution in [2.24, 2.45) is 5.92 Å². The maximum Gasteiger partial charge on any atom is 0.0509 e. The maximum atomic E-state index is 8.36. The van der Waals surface area contributed by atoms with Gasteiger partial charge >= 0.3 is 0 Å². The molecular formula is C11H24O. The zero-order chi connectivity index (χ0) is 9.40. The first-order valence-corrected chi connectivity index (χ1v) is 5.34. The first-order valence-electron chi connectivity index (χ1n) is 5.34. The molecular weight excluding hydrogens is 148 g/mol. The van der Waals surface area contributed by atoms with Gasteiger partial charge in [0.05, 0.1) is 6.10 Å². The van der Waals surface area contributed by atoms with Crippen LogP contribution in [0.4, 0.5) is 0 Å². The largest absolute Gasteiger partial charge is 0.393 e. The zero-order valence-electron chi connectivity index (χ0n) is 8.84. The molecule has 0 aliphatic heterocycles. The zero-order valence-corrected chi connectivity index (χ0v) is 8.84. The Morgan fingerprint density at radius 2 is 1.67 bits per heavy atom. The summed E-state index contributed by atoms with van der Waals surface area (Å²) in [4.78, 5) is 0. The Balaban J connectivity index is 0.000000217. The highest BCUT2D eigenvalue weighted by molar-refractivity contribution is 4.59. The Kier molecular flexibility index (Phi) is 7.58. The molecule has 0 amide bonds. The molecule has 0 saturated heterocycles. The molecule has 0 aromatic rings. The van der Waals surface area contributed by atoms with Gasteiger partial charge < -0.3 is 5.11 Å². The number of hydrogen-bond donors (Lipinski definition) is 1. The molecule has 1 atom stereocenters. The lowest BCUT2D eigenvalue weighted by Crippen LogP contribution is -1.99. The first-order chi connectivity index (χ1) is 5.66. The molecule has 74 valence electrons. The van der Waals surface area contributed by atoms with Crippen molar-refractivity contribution >= 4 is 0 Å². The molecule has 0 heterocycles. The molecule has 1 aliphatic carbocycles. The average Bonchev–Trinajstić information content (AvgIpc) is 2.07. The molecule has 1 N–H and O–H groups in total. The molecule has 1 saturated carbocycles. The third-order valence-electron chi connectivity index (χ3n) is 2.48. The lowest BCUT2D eigenvalue weighted by atomic mass is 9.91. The minimum absolute atomic E-state index is 0.116. The summed E-state index contributed by atoms with van der Waals surface area (Å²) in [5.41, 5.74) is 0. The highest BCUT2D eigenvalue weighted by Crippen LogP contribution is 2.21. The van der Waals surface area contributed by atoms with E-state index in [0.717, 1.165) is 12.3 Å². The molecule has 1 heteroatoms. The van der Waals surface area contributed by atoms with E-state index in [2.05, 4.69) is 6.92 Å². The maximum absolute atomic E-state index is 8.36. The third-order valence-corrected chi connectivity index (χ3v) is 2.48. The lowest BCUT2D eigenvalue weighted by molar-refractivity contribution is 0.191. The Morgan fingerprint density at radius 3 is 1.83 bits per heavy atom. The van der Waals surface area contributed by atoms with Gasteiger partial charge in [-0.2, -0.15) is 0 Å². The summed E-state index contributed by atoms with van der Waals surface area (Å²) >= 11 is 0. The van der Waals surface area contributed by atoms with Crippen LogP contribution in [0.5, 0.6) is 0 Å². The van der Waals surface area contributed by atoms with Gasteiger partial charge in [-0.25, -0.2) is 0 Å². The standard InChI is InChI=1S/C7H14.C4H10O/c1-7-5-3-2-4-6-7;1-3-4(2)5/h7H,2-6H2,1H3;4-5H,3H2,1-2H3. The van der Waals surface area contributed by atoms with Crippen LogP contribution in [0.2, 0.25) is 0 Å². The van der Waals surface area contributed by atoms with Crippen molar-refractivity contribution in [2.75, 3.05) is 0 Å². The van der Waals surface area contributed by atoms with E-state index in [-0.39, 0.29) is 6.10 Å². The van der Waals surface area contributed by atoms with Gasteiger partial charge in [0, 0.05) is 0 Å². The monoisotopic (exact) mass is 172 g/mol. The van der Waals surface area contributed by atoms with Crippen LogP contribution in [0, 0.1) is 5.92 Å². The highest BCUT2D eigenvalue weighted by Gasteiger charge is 2.05. The molecule has 1 rings (SSSR count). The molecule has 1 fully saturated rings. The molecule has 1 unspecified atom stereocenters. The Hall–Kier alpha value is -0.0400. The first kappa shape index (κ1) is 12.0. The van der Waals surface area contributed by atoms with Gasteiger partial charge in [-0.1, -0.05) is 46.0 Å². The van der Waals surface area contributed by atoms with Gasteiger partial charge in [0.25, 0.3) is 0 Å². The fraction of sp³-hybridized carbons (Fsp3) is 1.00. The lowest BCUT2D eigenvalue weighted by Gasteiger charge is -2.15. The molecule has 1 aliphatic rings. The van der Waals surface area contributed by atoms with Crippen LogP contribution in [-0.4, -0.2) is 11.2 Å². The van der Waals surface area contributed by atoms with E-state index < -0.39 is 0 Å². The van der Waals surface area contributed by atoms with Crippen molar-refractivity contribution in [3.63, 3.8) is 0 Å². The van der Waals surface area contributed by atoms with E-state index in [1.807, 2.05) is 6.92 Å². The topological polar surface area (TPSA) is 20.2 Å². The fourth-order valence-corrected chi connectivity index (χ4v) is 1.31. The van der Waals surface area contributed by atoms with Crippen molar-refractivity contribution < 1.29 is 5.11 Å². The van der Waals surface area contributed by atoms with E-state index in [0.29, 0.717) is 0 Å². The highest BCUT2D eigenvalue weighted by atomic mass is 16.3. The number of aliphatic hydroxyl groups excluding tert-OH is 1. The summed E-state index contributed by atoms with van der Waals surface area (Å²) in [6.07, 6.45) is 8.18. The fourth-order valence-electron chi connectivity index (χ4n) is 1.31. The second kappa shape index (κ2) is 7.60. The molecule has 12 heavy (non-hydrogen) atoms. The van der Waals surface area contributed by atoms with Gasteiger partial charge in [-0.05, 0) is 19.3 Å². The van der Waals surface area contributed by atoms with Crippen molar-refractivity contribution in [3.8, 4) is 0 Å². The average molecular weight is 172 g/mol. The van der Waals surface area contributed by atoms with Crippen LogP contribution in [-0.2, 0) is 0 Å². The molecule has 0 aromatic heterocycles. The molecule has 0 bridgehead atoms. The molecule has 0 aromatic carbocycles. The van der Waals surface area contributed by atoms with Crippen molar-refractivity contribution in [3.05, 3.63) is 0 Å². The molecule has 0 spiro atoms. The number of rotatable bonds is 1. The second-order valence-electron chi connectivity index (χ2n) is 4.00. The van der Waals surface area contributed by atoms with Gasteiger partial charge in [-0.3, -0.25) is 0 Å². The quantitative estimate of drug-likeness (QED) is 0.643. The van der Waals surface area contributed by atoms with Gasteiger partial charge in [0.1, 0.15) is 0 Å². The normalized spacial score (nSPS) is 21.0. The molecule has 0 radical (unpaired) electrons. The predicted molar refractivity (Wildman–Crippen MR) is 54.2 cm³/mol. The minimum Gasteiger partial charge on any atom is -0.393 e. The van der Waals surface area contributed by atoms with Gasteiger partial charge in [0.15, 0.2) is 0 Å². The Labute approximate surface area is 77.2 Å². The number of hydrogen-bond acceptors (Lipinski definition) is 1. The van der Waals surface area contributed by atoms with Gasteiger partial charge in [-0.15, -0.1) is 0 Å². The third kappa shape index (κ3) is 8.06. The van der Waals surface area contributed by atoms with Crippen LogP contribution in [0.25, 0.3) is 0 Å². The van der Waals surface area contributed by atoms with E-state index >= 15 is 0 Å². The summed E-state index contributed by atoms with van der Waals surface area (Å²) in [6.45, 7) is 6.09. The SMILES string of the molecule is CC1CCCCC1.CCC(C)O. The summed E-state index contributed by atoms with van der Waals surface area (Å²) in [7, 11) is 0. The second-order valence-corrected chi connectivity index (χ2v) is 4.00. The smallest absolute Gasteiger partial charge is 0.0509 e. The summed E-state index contributed by atoms with van der Waals surface area (Å²) < 4.78 is 0. The van der Waals surface area contributed by atoms with Crippen LogP contribution in [0.1, 0.15) is 59.3 Å². The van der Waals surface area contributed by atoms with E-state index in [9.17, 15) is 0 Å². The van der Waals surface area contributed by atoms with Crippen molar-refractivity contribution in [1.29, 1.82) is 0 Å². The summed E-state index contributed by atoms with van der Waals surface area (Å²) in [5.74, 6) is 1.04. The Bertz CT molecular complexity index is 83.0. The van der Waals surface area contributed by atoms with Gasteiger partial charge in [0.2, 0.25) is 0 Å². The summed E-state index contributed by atoms with van der Waals surface area (Å²) in [6, 6.07) is 0. The Morgan fingerprint density at radius 1 is 1.25 bits per heavy atom. The molecule has 1 nitrogen and oxygen atoms in total. The minimum atomic E-state index is -0.116. The van der Waals surface area contributed by atoms with Crippen LogP contribution in [0.15, 0.2) is 0 Å².